The lowest BCUT2D eigenvalue weighted by molar-refractivity contribution is -0.127. The second kappa shape index (κ2) is 9.14. The summed E-state index contributed by atoms with van der Waals surface area (Å²) in [6, 6.07) is 10.3. The van der Waals surface area contributed by atoms with E-state index < -0.39 is 0 Å². The van der Waals surface area contributed by atoms with Crippen molar-refractivity contribution in [3.63, 3.8) is 0 Å². The molecule has 3 N–H and O–H groups in total. The standard InChI is InChI=1S/C20H30N4O2/c21-19(25)15-24-12-8-17(9-13-24)20(26)22-18(14-23-10-4-5-11-23)16-6-2-1-3-7-16/h1-3,6-7,17-18H,4-5,8-15H2,(H2,21,25)(H,22,26)/t18-/m1/s1. The third-order valence-corrected chi connectivity index (χ3v) is 5.50. The molecule has 2 aliphatic heterocycles. The van der Waals surface area contributed by atoms with Crippen molar-refractivity contribution in [2.45, 2.75) is 31.7 Å². The summed E-state index contributed by atoms with van der Waals surface area (Å²) in [7, 11) is 0. The van der Waals surface area contributed by atoms with Crippen molar-refractivity contribution in [2.75, 3.05) is 39.3 Å². The second-order valence-electron chi connectivity index (χ2n) is 7.50. The van der Waals surface area contributed by atoms with Gasteiger partial charge in [-0.15, -0.1) is 0 Å². The topological polar surface area (TPSA) is 78.7 Å². The van der Waals surface area contributed by atoms with Crippen LogP contribution in [0.25, 0.3) is 0 Å². The number of hydrogen-bond donors (Lipinski definition) is 2. The first-order chi connectivity index (χ1) is 12.6. The van der Waals surface area contributed by atoms with E-state index >= 15 is 0 Å². The smallest absolute Gasteiger partial charge is 0.231 e. The van der Waals surface area contributed by atoms with E-state index in [1.807, 2.05) is 23.1 Å². The highest BCUT2D eigenvalue weighted by atomic mass is 16.2. The van der Waals surface area contributed by atoms with Crippen molar-refractivity contribution >= 4 is 11.8 Å². The van der Waals surface area contributed by atoms with Gasteiger partial charge in [-0.05, 0) is 57.4 Å². The maximum Gasteiger partial charge on any atom is 0.231 e. The highest BCUT2D eigenvalue weighted by molar-refractivity contribution is 5.79. The summed E-state index contributed by atoms with van der Waals surface area (Å²) in [5.74, 6) is -0.150. The molecule has 0 unspecified atom stereocenters. The first kappa shape index (κ1) is 18.9. The molecular weight excluding hydrogens is 328 g/mol. The maximum absolute atomic E-state index is 12.8. The number of carbonyl (C=O) groups is 2. The Morgan fingerprint density at radius 3 is 2.31 bits per heavy atom. The number of benzene rings is 1. The van der Waals surface area contributed by atoms with E-state index in [4.69, 9.17) is 5.73 Å². The van der Waals surface area contributed by atoms with Crippen LogP contribution >= 0.6 is 0 Å². The number of nitrogens with one attached hydrogen (secondary N) is 1. The molecule has 2 saturated heterocycles. The van der Waals surface area contributed by atoms with Gasteiger partial charge in [-0.3, -0.25) is 14.5 Å². The normalized spacial score (nSPS) is 20.8. The van der Waals surface area contributed by atoms with Crippen molar-refractivity contribution < 1.29 is 9.59 Å². The van der Waals surface area contributed by atoms with E-state index in [1.54, 1.807) is 0 Å². The van der Waals surface area contributed by atoms with E-state index in [0.717, 1.165) is 45.6 Å². The van der Waals surface area contributed by atoms with Gasteiger partial charge in [-0.1, -0.05) is 30.3 Å². The Hall–Kier alpha value is -1.92. The molecule has 2 fully saturated rings. The van der Waals surface area contributed by atoms with Gasteiger partial charge in [0.2, 0.25) is 11.8 Å². The molecule has 2 heterocycles. The molecule has 0 bridgehead atoms. The first-order valence-corrected chi connectivity index (χ1v) is 9.70. The molecule has 2 aliphatic rings. The van der Waals surface area contributed by atoms with Crippen LogP contribution < -0.4 is 11.1 Å². The van der Waals surface area contributed by atoms with Crippen LogP contribution in [0.1, 0.15) is 37.3 Å². The zero-order valence-corrected chi connectivity index (χ0v) is 15.4. The second-order valence-corrected chi connectivity index (χ2v) is 7.50. The molecule has 142 valence electrons. The van der Waals surface area contributed by atoms with Gasteiger partial charge in [0, 0.05) is 12.5 Å². The fraction of sp³-hybridized carbons (Fsp3) is 0.600. The monoisotopic (exact) mass is 358 g/mol. The molecule has 1 atom stereocenters. The number of primary amides is 1. The number of likely N-dealkylation sites (tertiary alicyclic amines) is 2. The zero-order valence-electron chi connectivity index (χ0n) is 15.4. The minimum atomic E-state index is -0.303. The van der Waals surface area contributed by atoms with Gasteiger partial charge in [-0.2, -0.15) is 0 Å². The van der Waals surface area contributed by atoms with Crippen molar-refractivity contribution in [3.05, 3.63) is 35.9 Å². The quantitative estimate of drug-likeness (QED) is 0.766. The van der Waals surface area contributed by atoms with Crippen LogP contribution in [0.4, 0.5) is 0 Å². The zero-order chi connectivity index (χ0) is 18.4. The SMILES string of the molecule is NC(=O)CN1CCC(C(=O)N[C@H](CN2CCCC2)c2ccccc2)CC1. The lowest BCUT2D eigenvalue weighted by Gasteiger charge is -2.32. The summed E-state index contributed by atoms with van der Waals surface area (Å²) in [6.45, 7) is 4.90. The van der Waals surface area contributed by atoms with Crippen molar-refractivity contribution in [1.29, 1.82) is 0 Å². The minimum Gasteiger partial charge on any atom is -0.369 e. The molecule has 6 nitrogen and oxygen atoms in total. The summed E-state index contributed by atoms with van der Waals surface area (Å²) in [5.41, 5.74) is 6.43. The van der Waals surface area contributed by atoms with Gasteiger partial charge in [-0.25, -0.2) is 0 Å². The Morgan fingerprint density at radius 2 is 1.69 bits per heavy atom. The summed E-state index contributed by atoms with van der Waals surface area (Å²) in [4.78, 5) is 28.4. The fourth-order valence-electron chi connectivity index (χ4n) is 4.01. The van der Waals surface area contributed by atoms with Crippen LogP contribution in [0.2, 0.25) is 0 Å². The van der Waals surface area contributed by atoms with E-state index in [1.165, 1.54) is 18.4 Å². The number of nitrogens with zero attached hydrogens (tertiary/aromatic N) is 2. The van der Waals surface area contributed by atoms with Crippen molar-refractivity contribution in [1.82, 2.24) is 15.1 Å². The molecule has 0 aromatic heterocycles. The highest BCUT2D eigenvalue weighted by Gasteiger charge is 2.28. The molecule has 1 aromatic rings. The van der Waals surface area contributed by atoms with E-state index in [9.17, 15) is 9.59 Å². The number of carbonyl (C=O) groups excluding carboxylic acids is 2. The van der Waals surface area contributed by atoms with Gasteiger partial charge in [0.25, 0.3) is 0 Å². The third-order valence-electron chi connectivity index (χ3n) is 5.50. The van der Waals surface area contributed by atoms with Crippen LogP contribution in [-0.2, 0) is 9.59 Å². The predicted molar refractivity (Wildman–Crippen MR) is 101 cm³/mol. The maximum atomic E-state index is 12.8. The molecular formula is C20H30N4O2. The molecule has 6 heteroatoms. The van der Waals surface area contributed by atoms with Gasteiger partial charge >= 0.3 is 0 Å². The Morgan fingerprint density at radius 1 is 1.04 bits per heavy atom. The molecule has 0 aliphatic carbocycles. The number of rotatable bonds is 7. The third kappa shape index (κ3) is 5.29. The van der Waals surface area contributed by atoms with Crippen LogP contribution in [0, 0.1) is 5.92 Å². The van der Waals surface area contributed by atoms with Crippen molar-refractivity contribution in [3.8, 4) is 0 Å². The number of nitrogens with two attached hydrogens (primary N) is 1. The lowest BCUT2D eigenvalue weighted by atomic mass is 9.95. The fourth-order valence-corrected chi connectivity index (χ4v) is 4.01. The van der Waals surface area contributed by atoms with Gasteiger partial charge in [0.15, 0.2) is 0 Å². The molecule has 2 amide bonds. The number of piperidine rings is 1. The summed E-state index contributed by atoms with van der Waals surface area (Å²) in [6.07, 6.45) is 4.05. The van der Waals surface area contributed by atoms with E-state index in [-0.39, 0.29) is 30.3 Å². The molecule has 0 spiro atoms. The summed E-state index contributed by atoms with van der Waals surface area (Å²) >= 11 is 0. The van der Waals surface area contributed by atoms with Crippen LogP contribution in [-0.4, -0.2) is 60.9 Å². The van der Waals surface area contributed by atoms with Crippen LogP contribution in [0.5, 0.6) is 0 Å². The Labute approximate surface area is 155 Å². The molecule has 3 rings (SSSR count). The largest absolute Gasteiger partial charge is 0.369 e. The molecule has 1 aromatic carbocycles. The van der Waals surface area contributed by atoms with Crippen molar-refractivity contribution in [2.24, 2.45) is 11.7 Å². The van der Waals surface area contributed by atoms with E-state index in [2.05, 4.69) is 22.3 Å². The Bertz CT molecular complexity index is 593. The predicted octanol–water partition coefficient (Wildman–Crippen LogP) is 1.14. The average molecular weight is 358 g/mol. The molecule has 0 saturated carbocycles. The Balaban J connectivity index is 1.57. The highest BCUT2D eigenvalue weighted by Crippen LogP contribution is 2.21. The molecule has 0 radical (unpaired) electrons. The van der Waals surface area contributed by atoms with Gasteiger partial charge in [0.1, 0.15) is 0 Å². The minimum absolute atomic E-state index is 0.0175. The van der Waals surface area contributed by atoms with Crippen LogP contribution in [0.3, 0.4) is 0 Å². The van der Waals surface area contributed by atoms with Crippen LogP contribution in [0.15, 0.2) is 30.3 Å². The average Bonchev–Trinajstić information content (AvgIpc) is 3.15. The van der Waals surface area contributed by atoms with Gasteiger partial charge < -0.3 is 16.0 Å². The number of hydrogen-bond acceptors (Lipinski definition) is 4. The Kier molecular flexibility index (Phi) is 6.63. The summed E-state index contributed by atoms with van der Waals surface area (Å²) in [5, 5.41) is 3.29. The molecule has 26 heavy (non-hydrogen) atoms. The lowest BCUT2D eigenvalue weighted by Crippen LogP contribution is -2.45. The summed E-state index contributed by atoms with van der Waals surface area (Å²) < 4.78 is 0. The van der Waals surface area contributed by atoms with E-state index in [0.29, 0.717) is 0 Å². The van der Waals surface area contributed by atoms with Gasteiger partial charge in [0.05, 0.1) is 12.6 Å². The number of amides is 2. The first-order valence-electron chi connectivity index (χ1n) is 9.70.